The minimum absolute atomic E-state index is 0.0877. The maximum Gasteiger partial charge on any atom is 0.234 e. The van der Waals surface area contributed by atoms with Crippen LogP contribution in [0.15, 0.2) is 35.7 Å². The van der Waals surface area contributed by atoms with Crippen molar-refractivity contribution >= 4 is 17.7 Å². The first-order valence-corrected chi connectivity index (χ1v) is 9.45. The number of aryl methyl sites for hydroxylation is 1. The lowest BCUT2D eigenvalue weighted by atomic mass is 10.1. The van der Waals surface area contributed by atoms with Gasteiger partial charge in [0, 0.05) is 32.4 Å². The first-order chi connectivity index (χ1) is 12.5. The third-order valence-electron chi connectivity index (χ3n) is 3.83. The van der Waals surface area contributed by atoms with E-state index in [4.69, 9.17) is 4.74 Å². The smallest absolute Gasteiger partial charge is 0.234 e. The summed E-state index contributed by atoms with van der Waals surface area (Å²) >= 11 is 1.38. The highest BCUT2D eigenvalue weighted by Gasteiger charge is 2.25. The van der Waals surface area contributed by atoms with Crippen molar-refractivity contribution in [3.05, 3.63) is 42.0 Å². The number of hydrogen-bond donors (Lipinski definition) is 1. The van der Waals surface area contributed by atoms with Crippen LogP contribution in [0.4, 0.5) is 4.39 Å². The Kier molecular flexibility index (Phi) is 8.06. The molecule has 0 bridgehead atoms. The standard InChI is InChI=1S/C18H25FN4O2S/c1-13(2)16(17(24)20-11-14-7-4-5-8-15(14)19)26-18-22-21-12-23(18)9-6-10-25-3/h4-5,7-8,12-13,16H,6,9-11H2,1-3H3,(H,20,24). The molecule has 2 aromatic rings. The van der Waals surface area contributed by atoms with Gasteiger partial charge < -0.3 is 14.6 Å². The Morgan fingerprint density at radius 3 is 2.85 bits per heavy atom. The fourth-order valence-electron chi connectivity index (χ4n) is 2.40. The van der Waals surface area contributed by atoms with Gasteiger partial charge in [0.15, 0.2) is 5.16 Å². The minimum atomic E-state index is -0.341. The van der Waals surface area contributed by atoms with E-state index in [0.29, 0.717) is 17.3 Å². The average Bonchev–Trinajstić information content (AvgIpc) is 3.06. The van der Waals surface area contributed by atoms with E-state index in [0.717, 1.165) is 13.0 Å². The zero-order valence-electron chi connectivity index (χ0n) is 15.3. The van der Waals surface area contributed by atoms with Gasteiger partial charge in [0.25, 0.3) is 0 Å². The van der Waals surface area contributed by atoms with Crippen LogP contribution in [0.1, 0.15) is 25.8 Å². The van der Waals surface area contributed by atoms with Gasteiger partial charge in [-0.25, -0.2) is 4.39 Å². The van der Waals surface area contributed by atoms with E-state index in [1.807, 2.05) is 18.4 Å². The van der Waals surface area contributed by atoms with Crippen LogP contribution >= 0.6 is 11.8 Å². The van der Waals surface area contributed by atoms with Gasteiger partial charge in [-0.2, -0.15) is 0 Å². The van der Waals surface area contributed by atoms with Gasteiger partial charge in [-0.15, -0.1) is 10.2 Å². The normalized spacial score (nSPS) is 12.3. The van der Waals surface area contributed by atoms with Gasteiger partial charge >= 0.3 is 0 Å². The van der Waals surface area contributed by atoms with E-state index >= 15 is 0 Å². The third-order valence-corrected chi connectivity index (χ3v) is 5.37. The zero-order chi connectivity index (χ0) is 18.9. The van der Waals surface area contributed by atoms with Crippen LogP contribution < -0.4 is 5.32 Å². The van der Waals surface area contributed by atoms with Gasteiger partial charge in [-0.3, -0.25) is 4.79 Å². The first-order valence-electron chi connectivity index (χ1n) is 8.57. The highest BCUT2D eigenvalue weighted by molar-refractivity contribution is 8.00. The number of rotatable bonds is 10. The number of halogens is 1. The number of carbonyl (C=O) groups excluding carboxylic acids is 1. The van der Waals surface area contributed by atoms with Crippen LogP contribution in [0.2, 0.25) is 0 Å². The fourth-order valence-corrected chi connectivity index (χ4v) is 3.46. The zero-order valence-corrected chi connectivity index (χ0v) is 16.1. The molecule has 0 aliphatic rings. The average molecular weight is 380 g/mol. The topological polar surface area (TPSA) is 69.0 Å². The SMILES string of the molecule is COCCCn1cnnc1SC(C(=O)NCc1ccccc1F)C(C)C. The second-order valence-corrected chi connectivity index (χ2v) is 7.35. The minimum Gasteiger partial charge on any atom is -0.385 e. The second kappa shape index (κ2) is 10.3. The van der Waals surface area contributed by atoms with Crippen LogP contribution in [0.5, 0.6) is 0 Å². The van der Waals surface area contributed by atoms with E-state index in [9.17, 15) is 9.18 Å². The number of benzene rings is 1. The van der Waals surface area contributed by atoms with Gasteiger partial charge in [0.2, 0.25) is 5.91 Å². The molecule has 0 saturated heterocycles. The maximum atomic E-state index is 13.7. The summed E-state index contributed by atoms with van der Waals surface area (Å²) in [6, 6.07) is 6.43. The molecule has 0 aliphatic carbocycles. The molecule has 1 aromatic heterocycles. The van der Waals surface area contributed by atoms with Gasteiger partial charge in [0.1, 0.15) is 12.1 Å². The van der Waals surface area contributed by atoms with Crippen molar-refractivity contribution in [2.45, 2.75) is 43.8 Å². The van der Waals surface area contributed by atoms with E-state index < -0.39 is 0 Å². The fraction of sp³-hybridized carbons (Fsp3) is 0.500. The summed E-state index contributed by atoms with van der Waals surface area (Å²) in [6.07, 6.45) is 2.50. The molecule has 142 valence electrons. The lowest BCUT2D eigenvalue weighted by Gasteiger charge is -2.19. The molecule has 1 atom stereocenters. The van der Waals surface area contributed by atoms with Crippen LogP contribution in [0.25, 0.3) is 0 Å². The largest absolute Gasteiger partial charge is 0.385 e. The second-order valence-electron chi connectivity index (χ2n) is 6.24. The van der Waals surface area contributed by atoms with Gasteiger partial charge in [0.05, 0.1) is 5.25 Å². The summed E-state index contributed by atoms with van der Waals surface area (Å²) in [5.74, 6) is -0.371. The lowest BCUT2D eigenvalue weighted by Crippen LogP contribution is -2.35. The van der Waals surface area contributed by atoms with Gasteiger partial charge in [-0.1, -0.05) is 43.8 Å². The van der Waals surface area contributed by atoms with Crippen molar-refractivity contribution in [3.63, 3.8) is 0 Å². The predicted molar refractivity (Wildman–Crippen MR) is 99.2 cm³/mol. The number of ether oxygens (including phenoxy) is 1. The molecule has 0 radical (unpaired) electrons. The van der Waals surface area contributed by atoms with Crippen molar-refractivity contribution in [2.24, 2.45) is 5.92 Å². The molecule has 0 aliphatic heterocycles. The molecule has 1 unspecified atom stereocenters. The number of hydrogen-bond acceptors (Lipinski definition) is 5. The van der Waals surface area contributed by atoms with Crippen LogP contribution in [0.3, 0.4) is 0 Å². The van der Waals surface area contributed by atoms with Gasteiger partial charge in [-0.05, 0) is 18.4 Å². The van der Waals surface area contributed by atoms with Crippen molar-refractivity contribution in [2.75, 3.05) is 13.7 Å². The summed E-state index contributed by atoms with van der Waals surface area (Å²) in [5.41, 5.74) is 0.469. The number of nitrogens with zero attached hydrogens (tertiary/aromatic N) is 3. The first kappa shape index (κ1) is 20.4. The quantitative estimate of drug-likeness (QED) is 0.507. The number of thioether (sulfide) groups is 1. The molecular weight excluding hydrogens is 355 g/mol. The van der Waals surface area contributed by atoms with Crippen LogP contribution in [0, 0.1) is 11.7 Å². The molecule has 2 rings (SSSR count). The Labute approximate surface area is 157 Å². The Morgan fingerprint density at radius 1 is 1.38 bits per heavy atom. The van der Waals surface area contributed by atoms with E-state index in [1.54, 1.807) is 31.6 Å². The lowest BCUT2D eigenvalue weighted by molar-refractivity contribution is -0.121. The Balaban J connectivity index is 1.99. The Bertz CT molecular complexity index is 708. The number of amides is 1. The van der Waals surface area contributed by atoms with Crippen LogP contribution in [-0.2, 0) is 22.6 Å². The summed E-state index contributed by atoms with van der Waals surface area (Å²) in [6.45, 7) is 5.50. The summed E-state index contributed by atoms with van der Waals surface area (Å²) in [5, 5.41) is 11.3. The van der Waals surface area contributed by atoms with Crippen LogP contribution in [-0.4, -0.2) is 39.6 Å². The molecule has 0 spiro atoms. The molecule has 6 nitrogen and oxygen atoms in total. The molecule has 1 amide bonds. The summed E-state index contributed by atoms with van der Waals surface area (Å²) < 4.78 is 20.7. The highest BCUT2D eigenvalue weighted by atomic mass is 32.2. The third kappa shape index (κ3) is 5.81. The van der Waals surface area contributed by atoms with Crippen molar-refractivity contribution in [3.8, 4) is 0 Å². The molecule has 0 fully saturated rings. The molecule has 1 N–H and O–H groups in total. The van der Waals surface area contributed by atoms with Crippen molar-refractivity contribution < 1.29 is 13.9 Å². The molecule has 1 heterocycles. The van der Waals surface area contributed by atoms with E-state index in [-0.39, 0.29) is 29.4 Å². The predicted octanol–water partition coefficient (Wildman–Crippen LogP) is 2.89. The number of carbonyl (C=O) groups is 1. The molecule has 26 heavy (non-hydrogen) atoms. The molecule has 8 heteroatoms. The van der Waals surface area contributed by atoms with Crippen molar-refractivity contribution in [1.29, 1.82) is 0 Å². The Hall–Kier alpha value is -1.93. The molecular formula is C18H25FN4O2S. The Morgan fingerprint density at radius 2 is 2.15 bits per heavy atom. The number of methoxy groups -OCH3 is 1. The van der Waals surface area contributed by atoms with Crippen molar-refractivity contribution in [1.82, 2.24) is 20.1 Å². The van der Waals surface area contributed by atoms with E-state index in [2.05, 4.69) is 15.5 Å². The summed E-state index contributed by atoms with van der Waals surface area (Å²) in [4.78, 5) is 12.6. The maximum absolute atomic E-state index is 13.7. The monoisotopic (exact) mass is 380 g/mol. The number of nitrogens with one attached hydrogen (secondary N) is 1. The number of aromatic nitrogens is 3. The molecule has 1 aromatic carbocycles. The summed E-state index contributed by atoms with van der Waals surface area (Å²) in [7, 11) is 1.66. The molecule has 0 saturated carbocycles. The highest BCUT2D eigenvalue weighted by Crippen LogP contribution is 2.27. The van der Waals surface area contributed by atoms with E-state index in [1.165, 1.54) is 17.8 Å².